The van der Waals surface area contributed by atoms with Crippen molar-refractivity contribution in [2.75, 3.05) is 33.2 Å². The van der Waals surface area contributed by atoms with Crippen molar-refractivity contribution in [3.05, 3.63) is 27.9 Å². The molecular formula is C15H18N4O6S. The molecule has 0 fully saturated rings. The Labute approximate surface area is 153 Å². The number of allylic oxidation sites excluding steroid dienone is 2. The van der Waals surface area contributed by atoms with E-state index in [4.69, 9.17) is 4.74 Å². The van der Waals surface area contributed by atoms with Crippen LogP contribution >= 0.6 is 11.8 Å². The molecule has 2 amide bonds. The molecule has 0 saturated heterocycles. The highest BCUT2D eigenvalue weighted by atomic mass is 32.2. The average molecular weight is 382 g/mol. The van der Waals surface area contributed by atoms with Crippen LogP contribution in [0.2, 0.25) is 0 Å². The minimum absolute atomic E-state index is 0.00196. The molecule has 10 nitrogen and oxygen atoms in total. The number of alkyl carbamates (subject to hydrolysis) is 1. The summed E-state index contributed by atoms with van der Waals surface area (Å²) in [7, 11) is 2.68. The Kier molecular flexibility index (Phi) is 6.92. The van der Waals surface area contributed by atoms with Gasteiger partial charge in [-0.2, -0.15) is 5.10 Å². The minimum atomic E-state index is -0.585. The number of fused-ring (bicyclic) bond motifs is 1. The molecule has 0 bridgehead atoms. The third-order valence-electron chi connectivity index (χ3n) is 3.36. The number of aromatic amines is 1. The molecule has 1 aromatic rings. The molecule has 11 heteroatoms. The fourth-order valence-corrected chi connectivity index (χ4v) is 3.02. The molecule has 1 aromatic heterocycles. The third kappa shape index (κ3) is 4.49. The number of hydrogen-bond donors (Lipinski definition) is 3. The summed E-state index contributed by atoms with van der Waals surface area (Å²) in [5.41, 5.74) is -0.0719. The van der Waals surface area contributed by atoms with Crippen LogP contribution in [0.25, 0.3) is 0 Å². The van der Waals surface area contributed by atoms with Gasteiger partial charge in [0.25, 0.3) is 5.91 Å². The molecule has 0 aliphatic heterocycles. The van der Waals surface area contributed by atoms with Gasteiger partial charge in [-0.05, 0) is 6.42 Å². The normalized spacial score (nSPS) is 13.1. The molecule has 26 heavy (non-hydrogen) atoms. The van der Waals surface area contributed by atoms with Gasteiger partial charge in [0.1, 0.15) is 18.1 Å². The number of methoxy groups -OCH3 is 1. The van der Waals surface area contributed by atoms with E-state index in [1.165, 1.54) is 32.0 Å². The van der Waals surface area contributed by atoms with Crippen molar-refractivity contribution in [3.63, 3.8) is 0 Å². The summed E-state index contributed by atoms with van der Waals surface area (Å²) in [6, 6.07) is 0. The van der Waals surface area contributed by atoms with Crippen molar-refractivity contribution in [1.29, 1.82) is 0 Å². The summed E-state index contributed by atoms with van der Waals surface area (Å²) in [6.45, 7) is 0.373. The number of thioether (sulfide) groups is 1. The summed E-state index contributed by atoms with van der Waals surface area (Å²) >= 11 is 1.20. The molecule has 0 aromatic carbocycles. The van der Waals surface area contributed by atoms with E-state index in [9.17, 15) is 19.2 Å². The van der Waals surface area contributed by atoms with Gasteiger partial charge in [0.15, 0.2) is 0 Å². The van der Waals surface area contributed by atoms with Crippen LogP contribution in [0.3, 0.4) is 0 Å². The second-order valence-corrected chi connectivity index (χ2v) is 6.16. The van der Waals surface area contributed by atoms with Crippen LogP contribution < -0.4 is 10.6 Å². The smallest absolute Gasteiger partial charge is 0.408 e. The van der Waals surface area contributed by atoms with Crippen LogP contribution in [0.5, 0.6) is 0 Å². The number of rotatable bonds is 8. The molecule has 1 aliphatic carbocycles. The molecule has 0 spiro atoms. The Hall–Kier alpha value is -2.66. The molecule has 1 aliphatic rings. The van der Waals surface area contributed by atoms with E-state index in [2.05, 4.69) is 25.6 Å². The zero-order chi connectivity index (χ0) is 19.1. The van der Waals surface area contributed by atoms with Crippen molar-refractivity contribution < 1.29 is 28.7 Å². The topological polar surface area (TPSA) is 139 Å². The number of ketones is 2. The quantitative estimate of drug-likeness (QED) is 0.436. The van der Waals surface area contributed by atoms with Crippen molar-refractivity contribution in [2.24, 2.45) is 0 Å². The van der Waals surface area contributed by atoms with E-state index >= 15 is 0 Å². The molecule has 3 N–H and O–H groups in total. The largest absolute Gasteiger partial charge is 0.453 e. The van der Waals surface area contributed by atoms with E-state index in [0.29, 0.717) is 18.8 Å². The summed E-state index contributed by atoms with van der Waals surface area (Å²) in [4.78, 5) is 47.5. The summed E-state index contributed by atoms with van der Waals surface area (Å²) in [5.74, 6) is -0.833. The first-order chi connectivity index (χ1) is 12.5. The van der Waals surface area contributed by atoms with E-state index in [1.54, 1.807) is 0 Å². The van der Waals surface area contributed by atoms with Crippen molar-refractivity contribution in [3.8, 4) is 0 Å². The Morgan fingerprint density at radius 2 is 2.12 bits per heavy atom. The van der Waals surface area contributed by atoms with Crippen LogP contribution in [0.4, 0.5) is 4.79 Å². The number of H-pyrrole nitrogens is 1. The number of ether oxygens (including phenoxy) is 2. The number of carbonyl (C=O) groups is 4. The second kappa shape index (κ2) is 9.15. The average Bonchev–Trinajstić information content (AvgIpc) is 3.09. The van der Waals surface area contributed by atoms with Crippen LogP contribution in [0.1, 0.15) is 37.8 Å². The number of hydrogen-bond acceptors (Lipinski definition) is 8. The fourth-order valence-electron chi connectivity index (χ4n) is 2.11. The number of aromatic nitrogens is 2. The first-order valence-corrected chi connectivity index (χ1v) is 8.61. The van der Waals surface area contributed by atoms with Gasteiger partial charge in [0.05, 0.1) is 17.6 Å². The molecular weight excluding hydrogens is 364 g/mol. The Morgan fingerprint density at radius 1 is 1.35 bits per heavy atom. The van der Waals surface area contributed by atoms with Crippen molar-refractivity contribution in [2.45, 2.75) is 6.42 Å². The lowest BCUT2D eigenvalue weighted by molar-refractivity contribution is 0.0945. The van der Waals surface area contributed by atoms with E-state index in [0.717, 1.165) is 0 Å². The van der Waals surface area contributed by atoms with Gasteiger partial charge < -0.3 is 14.8 Å². The fraction of sp³-hybridized carbons (Fsp3) is 0.400. The van der Waals surface area contributed by atoms with Gasteiger partial charge in [0.2, 0.25) is 11.6 Å². The Morgan fingerprint density at radius 3 is 2.81 bits per heavy atom. The summed E-state index contributed by atoms with van der Waals surface area (Å²) in [5, 5.41) is 11.0. The minimum Gasteiger partial charge on any atom is -0.453 e. The number of carbonyl (C=O) groups excluding carboxylic acids is 4. The van der Waals surface area contributed by atoms with Gasteiger partial charge in [-0.15, -0.1) is 11.8 Å². The molecule has 0 saturated carbocycles. The van der Waals surface area contributed by atoms with Gasteiger partial charge >= 0.3 is 6.09 Å². The highest BCUT2D eigenvalue weighted by Gasteiger charge is 2.33. The Balaban J connectivity index is 1.87. The number of nitrogens with one attached hydrogen (secondary N) is 3. The molecule has 140 valence electrons. The van der Waals surface area contributed by atoms with Crippen LogP contribution in [0, 0.1) is 0 Å². The molecule has 0 unspecified atom stereocenters. The maximum atomic E-state index is 12.6. The van der Waals surface area contributed by atoms with E-state index in [-0.39, 0.29) is 28.6 Å². The van der Waals surface area contributed by atoms with Gasteiger partial charge in [-0.25, -0.2) is 4.79 Å². The second-order valence-electron chi connectivity index (χ2n) is 5.03. The first-order valence-electron chi connectivity index (χ1n) is 7.63. The van der Waals surface area contributed by atoms with Crippen molar-refractivity contribution >= 4 is 35.3 Å². The Bertz CT molecular complexity index is 757. The predicted molar refractivity (Wildman–Crippen MR) is 92.2 cm³/mol. The zero-order valence-electron chi connectivity index (χ0n) is 14.2. The number of amides is 2. The van der Waals surface area contributed by atoms with Crippen LogP contribution in [-0.4, -0.2) is 67.0 Å². The lowest BCUT2D eigenvalue weighted by Crippen LogP contribution is -2.26. The van der Waals surface area contributed by atoms with Crippen LogP contribution in [0.15, 0.2) is 11.0 Å². The zero-order valence-corrected chi connectivity index (χ0v) is 15.0. The van der Waals surface area contributed by atoms with Gasteiger partial charge in [0, 0.05) is 25.5 Å². The SMILES string of the molecule is CNC(=O)c1[nH]nc2c1C(=O)C(SCCCOCNC(=O)OC)=CC2=O. The molecule has 0 atom stereocenters. The first kappa shape index (κ1) is 19.7. The number of nitrogens with zero attached hydrogens (tertiary/aromatic N) is 1. The monoisotopic (exact) mass is 382 g/mol. The highest BCUT2D eigenvalue weighted by molar-refractivity contribution is 8.04. The van der Waals surface area contributed by atoms with Gasteiger partial charge in [-0.3, -0.25) is 24.8 Å². The molecule has 2 rings (SSSR count). The molecule has 0 radical (unpaired) electrons. The van der Waals surface area contributed by atoms with Crippen LogP contribution in [-0.2, 0) is 9.47 Å². The standard InChI is InChI=1S/C15H18N4O6S/c1-16-14(22)12-10-11(18-19-12)8(20)6-9(13(10)21)26-5-3-4-25-7-17-15(23)24-2/h6H,3-5,7H2,1-2H3,(H,16,22)(H,17,23)(H,18,19). The predicted octanol–water partition coefficient (Wildman–Crippen LogP) is 0.486. The lowest BCUT2D eigenvalue weighted by atomic mass is 9.99. The maximum Gasteiger partial charge on any atom is 0.408 e. The summed E-state index contributed by atoms with van der Waals surface area (Å²) < 4.78 is 9.58. The number of Topliss-reactive ketones (excluding diaryl/α,β-unsaturated/α-hetero) is 1. The highest BCUT2D eigenvalue weighted by Crippen LogP contribution is 2.29. The maximum absolute atomic E-state index is 12.6. The molecule has 1 heterocycles. The lowest BCUT2D eigenvalue weighted by Gasteiger charge is -2.11. The van der Waals surface area contributed by atoms with E-state index < -0.39 is 23.6 Å². The third-order valence-corrected chi connectivity index (χ3v) is 4.47. The van der Waals surface area contributed by atoms with E-state index in [1.807, 2.05) is 0 Å². The van der Waals surface area contributed by atoms with Crippen molar-refractivity contribution in [1.82, 2.24) is 20.8 Å². The summed E-state index contributed by atoms with van der Waals surface area (Å²) in [6.07, 6.45) is 1.23. The van der Waals surface area contributed by atoms with Gasteiger partial charge in [-0.1, -0.05) is 0 Å².